The zero-order valence-corrected chi connectivity index (χ0v) is 17.2. The van der Waals surface area contributed by atoms with Gasteiger partial charge < -0.3 is 5.32 Å². The van der Waals surface area contributed by atoms with Gasteiger partial charge in [0.15, 0.2) is 0 Å². The standard InChI is InChI=1S/C19H20Cl2N2O3S/c1-2-23(12-18(24)22-19-16(20)7-4-8-17(19)21)27(25,26)15-10-9-13-5-3-6-14(13)11-15/h4,7-11H,2-3,5-6,12H2,1H3,(H,22,24). The van der Waals surface area contributed by atoms with Gasteiger partial charge in [0, 0.05) is 6.54 Å². The van der Waals surface area contributed by atoms with E-state index in [4.69, 9.17) is 23.2 Å². The summed E-state index contributed by atoms with van der Waals surface area (Å²) in [6, 6.07) is 10.1. The molecule has 1 amide bonds. The third-order valence-corrected chi connectivity index (χ3v) is 7.15. The van der Waals surface area contributed by atoms with Crippen LogP contribution in [0.5, 0.6) is 0 Å². The van der Waals surface area contributed by atoms with Gasteiger partial charge in [0.1, 0.15) is 0 Å². The van der Waals surface area contributed by atoms with Crippen LogP contribution in [0.1, 0.15) is 24.5 Å². The van der Waals surface area contributed by atoms with Crippen LogP contribution in [0.15, 0.2) is 41.3 Å². The molecule has 0 heterocycles. The van der Waals surface area contributed by atoms with Crippen molar-refractivity contribution in [2.45, 2.75) is 31.1 Å². The number of sulfonamides is 1. The molecule has 144 valence electrons. The summed E-state index contributed by atoms with van der Waals surface area (Å²) >= 11 is 12.1. The van der Waals surface area contributed by atoms with E-state index >= 15 is 0 Å². The SMILES string of the molecule is CCN(CC(=O)Nc1c(Cl)cccc1Cl)S(=O)(=O)c1ccc2c(c1)CCC2. The normalized spacial score (nSPS) is 13.6. The number of hydrogen-bond donors (Lipinski definition) is 1. The Morgan fingerprint density at radius 2 is 1.78 bits per heavy atom. The van der Waals surface area contributed by atoms with E-state index < -0.39 is 15.9 Å². The zero-order chi connectivity index (χ0) is 19.6. The van der Waals surface area contributed by atoms with E-state index in [2.05, 4.69) is 5.32 Å². The molecule has 27 heavy (non-hydrogen) atoms. The van der Waals surface area contributed by atoms with E-state index in [0.29, 0.717) is 10.0 Å². The molecule has 8 heteroatoms. The highest BCUT2D eigenvalue weighted by molar-refractivity contribution is 7.89. The van der Waals surface area contributed by atoms with Crippen molar-refractivity contribution in [3.63, 3.8) is 0 Å². The molecule has 1 aliphatic carbocycles. The third kappa shape index (κ3) is 4.29. The molecule has 3 rings (SSSR count). The largest absolute Gasteiger partial charge is 0.322 e. The Morgan fingerprint density at radius 3 is 2.44 bits per heavy atom. The molecule has 0 aromatic heterocycles. The maximum absolute atomic E-state index is 13.0. The van der Waals surface area contributed by atoms with E-state index in [9.17, 15) is 13.2 Å². The van der Waals surface area contributed by atoms with Gasteiger partial charge in [-0.3, -0.25) is 4.79 Å². The fourth-order valence-electron chi connectivity index (χ4n) is 3.18. The second-order valence-corrected chi connectivity index (χ2v) is 9.11. The van der Waals surface area contributed by atoms with Gasteiger partial charge in [-0.1, -0.05) is 42.3 Å². The minimum atomic E-state index is -3.77. The monoisotopic (exact) mass is 426 g/mol. The first-order valence-electron chi connectivity index (χ1n) is 8.68. The van der Waals surface area contributed by atoms with Gasteiger partial charge in [0.2, 0.25) is 15.9 Å². The quantitative estimate of drug-likeness (QED) is 0.754. The van der Waals surface area contributed by atoms with Crippen molar-refractivity contribution >= 4 is 44.8 Å². The molecule has 2 aromatic rings. The van der Waals surface area contributed by atoms with Crippen molar-refractivity contribution < 1.29 is 13.2 Å². The van der Waals surface area contributed by atoms with Crippen molar-refractivity contribution in [1.29, 1.82) is 0 Å². The predicted molar refractivity (Wildman–Crippen MR) is 108 cm³/mol. The number of hydrogen-bond acceptors (Lipinski definition) is 3. The molecular weight excluding hydrogens is 407 g/mol. The molecule has 2 aromatic carbocycles. The Hall–Kier alpha value is -1.60. The number of amides is 1. The summed E-state index contributed by atoms with van der Waals surface area (Å²) in [6.07, 6.45) is 2.90. The van der Waals surface area contributed by atoms with Crippen LogP contribution in [0, 0.1) is 0 Å². The lowest BCUT2D eigenvalue weighted by molar-refractivity contribution is -0.116. The van der Waals surface area contributed by atoms with Crippen molar-refractivity contribution in [3.8, 4) is 0 Å². The van der Waals surface area contributed by atoms with Gasteiger partial charge in [-0.2, -0.15) is 4.31 Å². The number of rotatable bonds is 6. The first-order valence-corrected chi connectivity index (χ1v) is 10.9. The Morgan fingerprint density at radius 1 is 1.11 bits per heavy atom. The number of anilines is 1. The smallest absolute Gasteiger partial charge is 0.243 e. The topological polar surface area (TPSA) is 66.5 Å². The molecule has 0 aliphatic heterocycles. The highest BCUT2D eigenvalue weighted by Crippen LogP contribution is 2.30. The lowest BCUT2D eigenvalue weighted by Gasteiger charge is -2.21. The van der Waals surface area contributed by atoms with Crippen LogP contribution >= 0.6 is 23.2 Å². The molecular formula is C19H20Cl2N2O3S. The highest BCUT2D eigenvalue weighted by atomic mass is 35.5. The summed E-state index contributed by atoms with van der Waals surface area (Å²) in [5, 5.41) is 3.18. The summed E-state index contributed by atoms with van der Waals surface area (Å²) < 4.78 is 27.1. The number of carbonyl (C=O) groups is 1. The summed E-state index contributed by atoms with van der Waals surface area (Å²) in [7, 11) is -3.77. The maximum atomic E-state index is 13.0. The van der Waals surface area contributed by atoms with E-state index in [1.807, 2.05) is 6.07 Å². The minimum absolute atomic E-state index is 0.170. The van der Waals surface area contributed by atoms with Gasteiger partial charge in [0.25, 0.3) is 0 Å². The van der Waals surface area contributed by atoms with Crippen molar-refractivity contribution in [3.05, 3.63) is 57.6 Å². The summed E-state index contributed by atoms with van der Waals surface area (Å²) in [5.41, 5.74) is 2.54. The molecule has 0 radical (unpaired) electrons. The van der Waals surface area contributed by atoms with Crippen molar-refractivity contribution in [1.82, 2.24) is 4.31 Å². The number of halogens is 2. The van der Waals surface area contributed by atoms with Gasteiger partial charge in [0.05, 0.1) is 27.2 Å². The lowest BCUT2D eigenvalue weighted by Crippen LogP contribution is -2.38. The number of nitrogens with zero attached hydrogens (tertiary/aromatic N) is 1. The number of fused-ring (bicyclic) bond motifs is 1. The molecule has 0 bridgehead atoms. The van der Waals surface area contributed by atoms with Crippen molar-refractivity contribution in [2.24, 2.45) is 0 Å². The first kappa shape index (κ1) is 20.1. The summed E-state index contributed by atoms with van der Waals surface area (Å²) in [6.45, 7) is 1.54. The number of para-hydroxylation sites is 1. The van der Waals surface area contributed by atoms with Crippen molar-refractivity contribution in [2.75, 3.05) is 18.4 Å². The summed E-state index contributed by atoms with van der Waals surface area (Å²) in [4.78, 5) is 12.6. The van der Waals surface area contributed by atoms with Crippen LogP contribution in [0.25, 0.3) is 0 Å². The highest BCUT2D eigenvalue weighted by Gasteiger charge is 2.27. The second kappa shape index (κ2) is 8.19. The first-order chi connectivity index (χ1) is 12.8. The molecule has 0 unspecified atom stereocenters. The molecule has 0 spiro atoms. The number of nitrogens with one attached hydrogen (secondary N) is 1. The molecule has 0 saturated heterocycles. The molecule has 0 fully saturated rings. The van der Waals surface area contributed by atoms with Gasteiger partial charge in [-0.25, -0.2) is 8.42 Å². The fourth-order valence-corrected chi connectivity index (χ4v) is 5.13. The van der Waals surface area contributed by atoms with Crippen LogP contribution < -0.4 is 5.32 Å². The van der Waals surface area contributed by atoms with Crippen LogP contribution in [0.3, 0.4) is 0 Å². The third-order valence-electron chi connectivity index (χ3n) is 4.61. The number of benzene rings is 2. The Bertz CT molecular complexity index is 957. The van der Waals surface area contributed by atoms with Gasteiger partial charge in [-0.15, -0.1) is 0 Å². The Kier molecular flexibility index (Phi) is 6.11. The van der Waals surface area contributed by atoms with E-state index in [1.165, 1.54) is 5.56 Å². The van der Waals surface area contributed by atoms with E-state index in [1.54, 1.807) is 37.3 Å². The van der Waals surface area contributed by atoms with Gasteiger partial charge in [-0.05, 0) is 54.7 Å². The molecule has 1 N–H and O–H groups in total. The molecule has 0 atom stereocenters. The fraction of sp³-hybridized carbons (Fsp3) is 0.316. The second-order valence-electron chi connectivity index (χ2n) is 6.36. The Balaban J connectivity index is 1.79. The number of likely N-dealkylation sites (N-methyl/N-ethyl adjacent to an activating group) is 1. The minimum Gasteiger partial charge on any atom is -0.322 e. The lowest BCUT2D eigenvalue weighted by atomic mass is 10.1. The predicted octanol–water partition coefficient (Wildman–Crippen LogP) is 4.13. The van der Waals surface area contributed by atoms with E-state index in [0.717, 1.165) is 29.1 Å². The summed E-state index contributed by atoms with van der Waals surface area (Å²) in [5.74, 6) is -0.503. The Labute approximate surface area is 169 Å². The molecule has 1 aliphatic rings. The van der Waals surface area contributed by atoms with Crippen LogP contribution in [0.4, 0.5) is 5.69 Å². The maximum Gasteiger partial charge on any atom is 0.243 e. The van der Waals surface area contributed by atoms with Crippen LogP contribution in [0.2, 0.25) is 10.0 Å². The number of carbonyl (C=O) groups excluding carboxylic acids is 1. The average Bonchev–Trinajstić information content (AvgIpc) is 3.10. The van der Waals surface area contributed by atoms with Crippen LogP contribution in [-0.2, 0) is 27.7 Å². The van der Waals surface area contributed by atoms with Gasteiger partial charge >= 0.3 is 0 Å². The number of aryl methyl sites for hydroxylation is 2. The van der Waals surface area contributed by atoms with Crippen LogP contribution in [-0.4, -0.2) is 31.7 Å². The average molecular weight is 427 g/mol. The van der Waals surface area contributed by atoms with E-state index in [-0.39, 0.29) is 23.7 Å². The molecule has 0 saturated carbocycles. The zero-order valence-electron chi connectivity index (χ0n) is 14.8. The molecule has 5 nitrogen and oxygen atoms in total.